The smallest absolute Gasteiger partial charge is 0.404 e. The number of amides is 2. The third-order valence-corrected chi connectivity index (χ3v) is 5.08. The first-order chi connectivity index (χ1) is 15.1. The Morgan fingerprint density at radius 1 is 1.34 bits per heavy atom. The van der Waals surface area contributed by atoms with E-state index in [9.17, 15) is 18.4 Å². The molecule has 0 unspecified atom stereocenters. The maximum Gasteiger partial charge on any atom is 0.404 e. The van der Waals surface area contributed by atoms with Crippen LogP contribution in [0.1, 0.15) is 31.1 Å². The van der Waals surface area contributed by atoms with Gasteiger partial charge in [0.05, 0.1) is 31.4 Å². The predicted molar refractivity (Wildman–Crippen MR) is 112 cm³/mol. The molecule has 9 nitrogen and oxygen atoms in total. The third kappa shape index (κ3) is 5.04. The van der Waals surface area contributed by atoms with Gasteiger partial charge in [0.15, 0.2) is 17.2 Å². The Bertz CT molecular complexity index is 998. The number of carboxylic acid groups (broad SMARTS) is 1. The van der Waals surface area contributed by atoms with E-state index in [1.807, 2.05) is 26.1 Å². The van der Waals surface area contributed by atoms with Crippen molar-refractivity contribution in [2.24, 2.45) is 0 Å². The summed E-state index contributed by atoms with van der Waals surface area (Å²) in [7, 11) is 0. The second kappa shape index (κ2) is 9.33. The zero-order valence-corrected chi connectivity index (χ0v) is 18.0. The van der Waals surface area contributed by atoms with Crippen LogP contribution in [0.15, 0.2) is 30.7 Å². The summed E-state index contributed by atoms with van der Waals surface area (Å²) >= 11 is 0. The lowest BCUT2D eigenvalue weighted by molar-refractivity contribution is 0.0713. The van der Waals surface area contributed by atoms with E-state index in [-0.39, 0.29) is 54.5 Å². The molecule has 1 aromatic carbocycles. The van der Waals surface area contributed by atoms with E-state index in [0.717, 1.165) is 6.07 Å². The van der Waals surface area contributed by atoms with Gasteiger partial charge in [-0.15, -0.1) is 0 Å². The monoisotopic (exact) mass is 449 g/mol. The van der Waals surface area contributed by atoms with Crippen LogP contribution in [-0.2, 0) is 0 Å². The molecule has 1 aliphatic heterocycles. The van der Waals surface area contributed by atoms with Gasteiger partial charge in [0.1, 0.15) is 17.9 Å². The molecule has 2 N–H and O–H groups in total. The molecule has 11 heteroatoms. The number of rotatable bonds is 8. The summed E-state index contributed by atoms with van der Waals surface area (Å²) in [6, 6.07) is 3.53. The molecule has 3 rings (SSSR count). The van der Waals surface area contributed by atoms with Gasteiger partial charge in [-0.05, 0) is 39.0 Å². The Morgan fingerprint density at radius 3 is 2.69 bits per heavy atom. The number of carbonyl (C=O) groups excluding carboxylic acids is 1. The minimum Gasteiger partial charge on any atom is -0.465 e. The number of hydrogen-bond donors (Lipinski definition) is 2. The highest BCUT2D eigenvalue weighted by Crippen LogP contribution is 2.37. The van der Waals surface area contributed by atoms with E-state index in [0.29, 0.717) is 6.54 Å². The lowest BCUT2D eigenvalue weighted by Gasteiger charge is -2.45. The average molecular weight is 449 g/mol. The molecule has 2 heterocycles. The van der Waals surface area contributed by atoms with E-state index >= 15 is 0 Å². The highest BCUT2D eigenvalue weighted by Gasteiger charge is 2.45. The number of benzene rings is 1. The second-order valence-corrected chi connectivity index (χ2v) is 7.80. The predicted octanol–water partition coefficient (Wildman–Crippen LogP) is 3.07. The molecular weight excluding hydrogens is 424 g/mol. The van der Waals surface area contributed by atoms with Crippen molar-refractivity contribution >= 4 is 17.8 Å². The summed E-state index contributed by atoms with van der Waals surface area (Å²) in [6.45, 7) is 5.42. The number of alkyl halides is 1. The summed E-state index contributed by atoms with van der Waals surface area (Å²) in [4.78, 5) is 34.9. The largest absolute Gasteiger partial charge is 0.465 e. The van der Waals surface area contributed by atoms with Gasteiger partial charge in [-0.3, -0.25) is 4.79 Å². The number of carbonyl (C=O) groups is 2. The first-order valence-corrected chi connectivity index (χ1v) is 10.1. The van der Waals surface area contributed by atoms with Crippen molar-refractivity contribution in [1.29, 1.82) is 0 Å². The van der Waals surface area contributed by atoms with Crippen molar-refractivity contribution in [1.82, 2.24) is 20.2 Å². The minimum absolute atomic E-state index is 0.0458. The molecule has 2 amide bonds. The first kappa shape index (κ1) is 23.2. The molecule has 0 atom stereocenters. The van der Waals surface area contributed by atoms with E-state index in [1.165, 1.54) is 24.7 Å². The van der Waals surface area contributed by atoms with Crippen molar-refractivity contribution in [3.05, 3.63) is 42.1 Å². The van der Waals surface area contributed by atoms with Gasteiger partial charge < -0.3 is 25.0 Å². The van der Waals surface area contributed by atoms with Crippen LogP contribution in [0.3, 0.4) is 0 Å². The number of anilines is 1. The topological polar surface area (TPSA) is 108 Å². The second-order valence-electron chi connectivity index (χ2n) is 7.80. The van der Waals surface area contributed by atoms with Crippen LogP contribution in [0.4, 0.5) is 19.4 Å². The Hall–Kier alpha value is -3.50. The SMILES string of the molecule is CCN(C(=O)c1cc(F)ccc1Oc1cncnc1N1CC(F)(CNC(=O)O)C1)C(C)C. The minimum atomic E-state index is -1.74. The molecule has 0 bridgehead atoms. The first-order valence-electron chi connectivity index (χ1n) is 10.1. The van der Waals surface area contributed by atoms with Crippen molar-refractivity contribution < 1.29 is 28.2 Å². The lowest BCUT2D eigenvalue weighted by atomic mass is 9.96. The molecule has 1 aromatic heterocycles. The van der Waals surface area contributed by atoms with Crippen LogP contribution >= 0.6 is 0 Å². The standard InChI is InChI=1S/C21H25F2N5O4/c1-4-28(13(2)3)19(29)15-7-14(22)5-6-16(15)32-17-8-24-12-26-18(17)27-10-21(23,11-27)9-25-20(30)31/h5-8,12-13,25H,4,9-11H2,1-3H3,(H,30,31). The van der Waals surface area contributed by atoms with Gasteiger partial charge in [0, 0.05) is 12.6 Å². The highest BCUT2D eigenvalue weighted by atomic mass is 19.1. The lowest BCUT2D eigenvalue weighted by Crippen LogP contribution is -2.64. The molecule has 0 aliphatic carbocycles. The summed E-state index contributed by atoms with van der Waals surface area (Å²) in [5.74, 6) is -0.412. The van der Waals surface area contributed by atoms with Crippen LogP contribution < -0.4 is 15.0 Å². The quantitative estimate of drug-likeness (QED) is 0.638. The highest BCUT2D eigenvalue weighted by molar-refractivity contribution is 5.97. The number of aromatic nitrogens is 2. The Balaban J connectivity index is 1.84. The Kier molecular flexibility index (Phi) is 6.75. The van der Waals surface area contributed by atoms with Crippen LogP contribution in [0.2, 0.25) is 0 Å². The van der Waals surface area contributed by atoms with Crippen molar-refractivity contribution in [3.63, 3.8) is 0 Å². The van der Waals surface area contributed by atoms with Crippen LogP contribution in [0.25, 0.3) is 0 Å². The molecule has 172 valence electrons. The normalized spacial score (nSPS) is 14.6. The van der Waals surface area contributed by atoms with Crippen LogP contribution in [0.5, 0.6) is 11.5 Å². The third-order valence-electron chi connectivity index (χ3n) is 5.08. The van der Waals surface area contributed by atoms with Gasteiger partial charge in [0.25, 0.3) is 5.91 Å². The summed E-state index contributed by atoms with van der Waals surface area (Å²) in [5, 5.41) is 10.7. The molecular formula is C21H25F2N5O4. The van der Waals surface area contributed by atoms with Gasteiger partial charge in [-0.2, -0.15) is 0 Å². The van der Waals surface area contributed by atoms with Gasteiger partial charge >= 0.3 is 6.09 Å². The van der Waals surface area contributed by atoms with Gasteiger partial charge in [0.2, 0.25) is 0 Å². The number of ether oxygens (including phenoxy) is 1. The number of nitrogens with zero attached hydrogens (tertiary/aromatic N) is 4. The fourth-order valence-electron chi connectivity index (χ4n) is 3.53. The number of halogens is 2. The fourth-order valence-corrected chi connectivity index (χ4v) is 3.53. The summed E-state index contributed by atoms with van der Waals surface area (Å²) in [6.07, 6.45) is 1.33. The zero-order chi connectivity index (χ0) is 23.5. The Morgan fingerprint density at radius 2 is 2.06 bits per heavy atom. The maximum atomic E-state index is 14.6. The van der Waals surface area contributed by atoms with E-state index in [2.05, 4.69) is 9.97 Å². The van der Waals surface area contributed by atoms with Crippen molar-refractivity contribution in [2.75, 3.05) is 31.1 Å². The van der Waals surface area contributed by atoms with Gasteiger partial charge in [-0.25, -0.2) is 23.5 Å². The Labute approximate surface area is 184 Å². The summed E-state index contributed by atoms with van der Waals surface area (Å²) < 4.78 is 34.5. The zero-order valence-electron chi connectivity index (χ0n) is 18.0. The molecule has 1 fully saturated rings. The summed E-state index contributed by atoms with van der Waals surface area (Å²) in [5.41, 5.74) is -1.69. The number of nitrogens with one attached hydrogen (secondary N) is 1. The molecule has 0 saturated carbocycles. The molecule has 0 radical (unpaired) electrons. The molecule has 1 saturated heterocycles. The van der Waals surface area contributed by atoms with Gasteiger partial charge in [-0.1, -0.05) is 0 Å². The molecule has 1 aliphatic rings. The van der Waals surface area contributed by atoms with Crippen molar-refractivity contribution in [2.45, 2.75) is 32.5 Å². The van der Waals surface area contributed by atoms with Crippen molar-refractivity contribution in [3.8, 4) is 11.5 Å². The fraction of sp³-hybridized carbons (Fsp3) is 0.429. The van der Waals surface area contributed by atoms with E-state index in [1.54, 1.807) is 9.80 Å². The average Bonchev–Trinajstić information content (AvgIpc) is 2.72. The van der Waals surface area contributed by atoms with Crippen LogP contribution in [-0.4, -0.2) is 69.9 Å². The van der Waals surface area contributed by atoms with E-state index < -0.39 is 17.6 Å². The maximum absolute atomic E-state index is 14.6. The van der Waals surface area contributed by atoms with E-state index in [4.69, 9.17) is 9.84 Å². The molecule has 2 aromatic rings. The molecule has 0 spiro atoms. The molecule has 32 heavy (non-hydrogen) atoms. The van der Waals surface area contributed by atoms with Crippen LogP contribution in [0, 0.1) is 5.82 Å². The number of hydrogen-bond acceptors (Lipinski definition) is 6.